The number of benzene rings is 1. The van der Waals surface area contributed by atoms with Gasteiger partial charge in [-0.1, -0.05) is 19.1 Å². The number of anilines is 1. The van der Waals surface area contributed by atoms with Crippen LogP contribution in [0.15, 0.2) is 24.3 Å². The van der Waals surface area contributed by atoms with E-state index in [-0.39, 0.29) is 0 Å². The molecule has 0 bridgehead atoms. The van der Waals surface area contributed by atoms with Crippen molar-refractivity contribution < 1.29 is 0 Å². The Morgan fingerprint density at radius 2 is 2.00 bits per heavy atom. The van der Waals surface area contributed by atoms with Crippen LogP contribution in [0.5, 0.6) is 0 Å². The standard InChI is InChI=1S/C10H14N/c1-4-9-6-5-7-10(8-9)11(2)3/h4-8H,1-3H3. The van der Waals surface area contributed by atoms with Crippen LogP contribution in [0.25, 0.3) is 0 Å². The van der Waals surface area contributed by atoms with Gasteiger partial charge in [0.1, 0.15) is 0 Å². The second-order valence-electron chi connectivity index (χ2n) is 2.78. The molecular weight excluding hydrogens is 134 g/mol. The van der Waals surface area contributed by atoms with Crippen LogP contribution in [-0.2, 0) is 0 Å². The minimum atomic E-state index is 1.25. The van der Waals surface area contributed by atoms with Crippen LogP contribution in [0.2, 0.25) is 0 Å². The Labute approximate surface area is 68.7 Å². The van der Waals surface area contributed by atoms with Gasteiger partial charge in [-0.05, 0) is 24.1 Å². The minimum Gasteiger partial charge on any atom is -0.378 e. The molecule has 0 aromatic heterocycles. The summed E-state index contributed by atoms with van der Waals surface area (Å²) in [5.74, 6) is 0. The fourth-order valence-electron chi connectivity index (χ4n) is 0.983. The molecule has 1 aromatic rings. The predicted molar refractivity (Wildman–Crippen MR) is 49.8 cm³/mol. The van der Waals surface area contributed by atoms with Crippen molar-refractivity contribution in [2.24, 2.45) is 0 Å². The summed E-state index contributed by atoms with van der Waals surface area (Å²) in [7, 11) is 4.10. The minimum absolute atomic E-state index is 1.25. The van der Waals surface area contributed by atoms with Gasteiger partial charge in [-0.25, -0.2) is 0 Å². The zero-order valence-corrected chi connectivity index (χ0v) is 7.33. The van der Waals surface area contributed by atoms with Crippen LogP contribution in [-0.4, -0.2) is 14.1 Å². The van der Waals surface area contributed by atoms with Crippen molar-refractivity contribution in [1.29, 1.82) is 0 Å². The molecule has 0 amide bonds. The molecule has 0 unspecified atom stereocenters. The Morgan fingerprint density at radius 3 is 2.55 bits per heavy atom. The van der Waals surface area contributed by atoms with Crippen molar-refractivity contribution >= 4 is 5.69 Å². The van der Waals surface area contributed by atoms with Gasteiger partial charge in [-0.15, -0.1) is 0 Å². The Hall–Kier alpha value is -0.980. The van der Waals surface area contributed by atoms with Crippen molar-refractivity contribution in [3.05, 3.63) is 36.2 Å². The lowest BCUT2D eigenvalue weighted by Gasteiger charge is -2.12. The highest BCUT2D eigenvalue weighted by molar-refractivity contribution is 5.48. The van der Waals surface area contributed by atoms with Crippen LogP contribution in [0.3, 0.4) is 0 Å². The Bertz CT molecular complexity index is 228. The molecule has 1 nitrogen and oxygen atoms in total. The molecule has 0 N–H and O–H groups in total. The molecule has 1 radical (unpaired) electrons. The van der Waals surface area contributed by atoms with Crippen LogP contribution in [0.4, 0.5) is 5.69 Å². The highest BCUT2D eigenvalue weighted by atomic mass is 15.1. The number of hydrogen-bond acceptors (Lipinski definition) is 1. The zero-order chi connectivity index (χ0) is 8.27. The van der Waals surface area contributed by atoms with E-state index in [1.54, 1.807) is 0 Å². The third kappa shape index (κ3) is 1.97. The molecule has 59 valence electrons. The molecule has 1 rings (SSSR count). The summed E-state index contributed by atoms with van der Waals surface area (Å²) in [6, 6.07) is 8.45. The molecule has 0 saturated carbocycles. The molecule has 0 aliphatic heterocycles. The van der Waals surface area contributed by atoms with Gasteiger partial charge in [0.25, 0.3) is 0 Å². The van der Waals surface area contributed by atoms with Gasteiger partial charge >= 0.3 is 0 Å². The second kappa shape index (κ2) is 3.42. The molecule has 0 aliphatic rings. The third-order valence-corrected chi connectivity index (χ3v) is 1.72. The highest BCUT2D eigenvalue weighted by Crippen LogP contribution is 2.13. The molecule has 0 fully saturated rings. The topological polar surface area (TPSA) is 3.24 Å². The van der Waals surface area contributed by atoms with Crippen LogP contribution < -0.4 is 4.90 Å². The van der Waals surface area contributed by atoms with E-state index in [0.29, 0.717) is 0 Å². The summed E-state index contributed by atoms with van der Waals surface area (Å²) in [5.41, 5.74) is 2.52. The third-order valence-electron chi connectivity index (χ3n) is 1.72. The fourth-order valence-corrected chi connectivity index (χ4v) is 0.983. The van der Waals surface area contributed by atoms with Crippen LogP contribution in [0, 0.1) is 6.42 Å². The van der Waals surface area contributed by atoms with Crippen LogP contribution >= 0.6 is 0 Å². The van der Waals surface area contributed by atoms with E-state index in [0.717, 1.165) is 0 Å². The molecule has 0 atom stereocenters. The monoisotopic (exact) mass is 148 g/mol. The summed E-state index contributed by atoms with van der Waals surface area (Å²) in [4.78, 5) is 2.10. The van der Waals surface area contributed by atoms with E-state index in [2.05, 4.69) is 56.6 Å². The first-order valence-corrected chi connectivity index (χ1v) is 3.81. The maximum absolute atomic E-state index is 2.17. The first kappa shape index (κ1) is 8.12. The van der Waals surface area contributed by atoms with Crippen molar-refractivity contribution in [3.8, 4) is 0 Å². The van der Waals surface area contributed by atoms with E-state index < -0.39 is 0 Å². The van der Waals surface area contributed by atoms with Gasteiger partial charge in [0.05, 0.1) is 0 Å². The molecule has 1 aromatic carbocycles. The summed E-state index contributed by atoms with van der Waals surface area (Å²) in [5, 5.41) is 0. The molecule has 0 aliphatic carbocycles. The van der Waals surface area contributed by atoms with Gasteiger partial charge < -0.3 is 4.90 Å². The van der Waals surface area contributed by atoms with E-state index >= 15 is 0 Å². The van der Waals surface area contributed by atoms with Crippen molar-refractivity contribution in [2.45, 2.75) is 6.92 Å². The second-order valence-corrected chi connectivity index (χ2v) is 2.78. The summed E-state index contributed by atoms with van der Waals surface area (Å²) in [6.45, 7) is 2.05. The normalized spacial score (nSPS) is 9.73. The van der Waals surface area contributed by atoms with E-state index in [1.165, 1.54) is 11.3 Å². The lowest BCUT2D eigenvalue weighted by atomic mass is 10.1. The zero-order valence-electron chi connectivity index (χ0n) is 7.33. The summed E-state index contributed by atoms with van der Waals surface area (Å²) >= 11 is 0. The SMILES string of the molecule is C[CH]c1cccc(N(C)C)c1. The predicted octanol–water partition coefficient (Wildman–Crippen LogP) is 2.32. The quantitative estimate of drug-likeness (QED) is 0.622. The molecular formula is C10H14N. The van der Waals surface area contributed by atoms with E-state index in [4.69, 9.17) is 0 Å². The largest absolute Gasteiger partial charge is 0.378 e. The lowest BCUT2D eigenvalue weighted by Crippen LogP contribution is -2.08. The van der Waals surface area contributed by atoms with E-state index in [1.807, 2.05) is 0 Å². The summed E-state index contributed by atoms with van der Waals surface area (Å²) < 4.78 is 0. The van der Waals surface area contributed by atoms with Crippen molar-refractivity contribution in [1.82, 2.24) is 0 Å². The van der Waals surface area contributed by atoms with Crippen LogP contribution in [0.1, 0.15) is 12.5 Å². The van der Waals surface area contributed by atoms with Crippen molar-refractivity contribution in [2.75, 3.05) is 19.0 Å². The van der Waals surface area contributed by atoms with Crippen molar-refractivity contribution in [3.63, 3.8) is 0 Å². The fraction of sp³-hybridized carbons (Fsp3) is 0.300. The molecule has 0 spiro atoms. The average Bonchev–Trinajstić information content (AvgIpc) is 2.05. The smallest absolute Gasteiger partial charge is 0.0363 e. The Morgan fingerprint density at radius 1 is 1.27 bits per heavy atom. The first-order chi connectivity index (χ1) is 5.24. The lowest BCUT2D eigenvalue weighted by molar-refractivity contribution is 1.13. The van der Waals surface area contributed by atoms with Gasteiger partial charge in [0, 0.05) is 19.8 Å². The number of nitrogens with zero attached hydrogens (tertiary/aromatic N) is 1. The molecule has 1 heteroatoms. The number of hydrogen-bond donors (Lipinski definition) is 0. The maximum Gasteiger partial charge on any atom is 0.0363 e. The van der Waals surface area contributed by atoms with Gasteiger partial charge in [-0.3, -0.25) is 0 Å². The Kier molecular flexibility index (Phi) is 2.53. The first-order valence-electron chi connectivity index (χ1n) is 3.81. The van der Waals surface area contributed by atoms with Gasteiger partial charge in [-0.2, -0.15) is 0 Å². The Balaban J connectivity index is 2.91. The highest BCUT2D eigenvalue weighted by Gasteiger charge is 1.94. The molecule has 0 saturated heterocycles. The average molecular weight is 148 g/mol. The molecule has 11 heavy (non-hydrogen) atoms. The number of rotatable bonds is 2. The maximum atomic E-state index is 2.17. The van der Waals surface area contributed by atoms with Gasteiger partial charge in [0.15, 0.2) is 0 Å². The molecule has 0 heterocycles. The summed E-state index contributed by atoms with van der Waals surface area (Å²) in [6.07, 6.45) is 2.10. The van der Waals surface area contributed by atoms with Gasteiger partial charge in [0.2, 0.25) is 0 Å². The van der Waals surface area contributed by atoms with E-state index in [9.17, 15) is 0 Å².